The van der Waals surface area contributed by atoms with E-state index in [1.54, 1.807) is 0 Å². The van der Waals surface area contributed by atoms with Gasteiger partial charge >= 0.3 is 18.0 Å². The first-order chi connectivity index (χ1) is 20.7. The summed E-state index contributed by atoms with van der Waals surface area (Å²) in [6.07, 6.45) is 10.9. The third-order valence-corrected chi connectivity index (χ3v) is 12.1. The molecular formula is C36H50F3N3O2. The van der Waals surface area contributed by atoms with Gasteiger partial charge in [-0.25, -0.2) is 5.43 Å². The van der Waals surface area contributed by atoms with Crippen molar-refractivity contribution in [3.8, 4) is 0 Å². The maximum absolute atomic E-state index is 13.0. The van der Waals surface area contributed by atoms with Gasteiger partial charge in [0.2, 0.25) is 0 Å². The Hall–Kier alpha value is -2.64. The Labute approximate surface area is 260 Å². The third-order valence-electron chi connectivity index (χ3n) is 12.1. The van der Waals surface area contributed by atoms with Crippen molar-refractivity contribution < 1.29 is 22.8 Å². The summed E-state index contributed by atoms with van der Waals surface area (Å²) < 4.78 is 39.0. The molecule has 242 valence electrons. The van der Waals surface area contributed by atoms with Crippen LogP contribution in [0.25, 0.3) is 0 Å². The molecule has 1 aromatic rings. The van der Waals surface area contributed by atoms with E-state index in [-0.39, 0.29) is 11.1 Å². The molecule has 0 aliphatic heterocycles. The van der Waals surface area contributed by atoms with Crippen molar-refractivity contribution in [3.63, 3.8) is 0 Å². The predicted molar refractivity (Wildman–Crippen MR) is 169 cm³/mol. The molecule has 4 aliphatic rings. The highest BCUT2D eigenvalue weighted by molar-refractivity contribution is 6.39. The van der Waals surface area contributed by atoms with Crippen LogP contribution in [0.15, 0.2) is 41.0 Å². The average Bonchev–Trinajstić information content (AvgIpc) is 3.32. The van der Waals surface area contributed by atoms with Crippen LogP contribution in [0.5, 0.6) is 0 Å². The summed E-state index contributed by atoms with van der Waals surface area (Å²) in [5.41, 5.74) is 4.07. The number of hydrogen-bond acceptors (Lipinski definition) is 3. The van der Waals surface area contributed by atoms with Crippen LogP contribution in [0.4, 0.5) is 18.9 Å². The number of nitrogens with zero attached hydrogens (tertiary/aromatic N) is 1. The molecule has 7 atom stereocenters. The Balaban J connectivity index is 1.20. The lowest BCUT2D eigenvalue weighted by molar-refractivity contribution is -0.137. The minimum absolute atomic E-state index is 0.0994. The Morgan fingerprint density at radius 2 is 1.75 bits per heavy atom. The molecule has 0 heterocycles. The van der Waals surface area contributed by atoms with E-state index >= 15 is 0 Å². The number of amides is 2. The fraction of sp³-hybridized carbons (Fsp3) is 0.694. The van der Waals surface area contributed by atoms with Gasteiger partial charge in [0.05, 0.1) is 11.3 Å². The van der Waals surface area contributed by atoms with Crippen molar-refractivity contribution >= 4 is 23.2 Å². The second-order valence-corrected chi connectivity index (χ2v) is 15.1. The van der Waals surface area contributed by atoms with E-state index < -0.39 is 23.6 Å². The Kier molecular flexibility index (Phi) is 9.40. The number of fused-ring (bicyclic) bond motifs is 5. The van der Waals surface area contributed by atoms with E-state index in [1.807, 2.05) is 0 Å². The Morgan fingerprint density at radius 1 is 0.977 bits per heavy atom. The normalized spacial score (nSPS) is 33.2. The topological polar surface area (TPSA) is 70.6 Å². The quantitative estimate of drug-likeness (QED) is 0.238. The number of hydrogen-bond donors (Lipinski definition) is 2. The first kappa shape index (κ1) is 32.7. The van der Waals surface area contributed by atoms with Crippen molar-refractivity contribution in [2.24, 2.45) is 51.4 Å². The second kappa shape index (κ2) is 12.6. The highest BCUT2D eigenvalue weighted by atomic mass is 19.4. The molecule has 3 saturated carbocycles. The van der Waals surface area contributed by atoms with E-state index in [2.05, 4.69) is 56.5 Å². The predicted octanol–water partition coefficient (Wildman–Crippen LogP) is 9.16. The molecule has 4 aliphatic carbocycles. The summed E-state index contributed by atoms with van der Waals surface area (Å²) in [6, 6.07) is 4.20. The molecule has 5 rings (SSSR count). The lowest BCUT2D eigenvalue weighted by atomic mass is 9.46. The van der Waals surface area contributed by atoms with Crippen LogP contribution in [0.1, 0.15) is 111 Å². The van der Waals surface area contributed by atoms with Crippen LogP contribution in [-0.2, 0) is 15.8 Å². The number of benzene rings is 1. The number of anilines is 1. The zero-order valence-electron chi connectivity index (χ0n) is 27.0. The van der Waals surface area contributed by atoms with Crippen molar-refractivity contribution in [2.75, 3.05) is 5.32 Å². The second-order valence-electron chi connectivity index (χ2n) is 15.1. The molecule has 1 aromatic carbocycles. The molecule has 0 radical (unpaired) electrons. The first-order valence-electron chi connectivity index (χ1n) is 16.8. The van der Waals surface area contributed by atoms with Crippen LogP contribution in [-0.4, -0.2) is 17.5 Å². The van der Waals surface area contributed by atoms with Gasteiger partial charge < -0.3 is 5.32 Å². The summed E-state index contributed by atoms with van der Waals surface area (Å²) >= 11 is 0. The number of allylic oxidation sites excluding steroid dienone is 2. The largest absolute Gasteiger partial charge is 0.416 e. The Bertz CT molecular complexity index is 1300. The lowest BCUT2D eigenvalue weighted by Crippen LogP contribution is -2.51. The highest BCUT2D eigenvalue weighted by Gasteiger charge is 2.59. The van der Waals surface area contributed by atoms with Crippen LogP contribution < -0.4 is 10.7 Å². The third kappa shape index (κ3) is 6.50. The Morgan fingerprint density at radius 3 is 2.48 bits per heavy atom. The molecule has 5 nitrogen and oxygen atoms in total. The van der Waals surface area contributed by atoms with Gasteiger partial charge in [0, 0.05) is 5.69 Å². The van der Waals surface area contributed by atoms with Gasteiger partial charge in [-0.15, -0.1) is 0 Å². The number of rotatable bonds is 7. The van der Waals surface area contributed by atoms with E-state index in [9.17, 15) is 22.8 Å². The number of carbonyl (C=O) groups excluding carboxylic acids is 2. The van der Waals surface area contributed by atoms with Gasteiger partial charge in [-0.1, -0.05) is 65.5 Å². The smallest absolute Gasteiger partial charge is 0.318 e. The van der Waals surface area contributed by atoms with Crippen molar-refractivity contribution in [3.05, 3.63) is 41.5 Å². The molecule has 2 amide bonds. The monoisotopic (exact) mass is 613 g/mol. The average molecular weight is 614 g/mol. The van der Waals surface area contributed by atoms with Gasteiger partial charge in [-0.3, -0.25) is 9.59 Å². The number of halogens is 3. The maximum atomic E-state index is 13.0. The maximum Gasteiger partial charge on any atom is 0.416 e. The van der Waals surface area contributed by atoms with Crippen LogP contribution in [0, 0.1) is 46.3 Å². The zero-order chi connectivity index (χ0) is 31.9. The molecule has 0 aromatic heterocycles. The first-order valence-corrected chi connectivity index (χ1v) is 16.8. The molecule has 8 heteroatoms. The highest BCUT2D eigenvalue weighted by Crippen LogP contribution is 2.67. The molecule has 44 heavy (non-hydrogen) atoms. The van der Waals surface area contributed by atoms with Crippen LogP contribution in [0.2, 0.25) is 0 Å². The summed E-state index contributed by atoms with van der Waals surface area (Å²) in [7, 11) is 0. The summed E-state index contributed by atoms with van der Waals surface area (Å²) in [6.45, 7) is 12.2. The fourth-order valence-corrected chi connectivity index (χ4v) is 9.82. The van der Waals surface area contributed by atoms with Crippen LogP contribution in [0.3, 0.4) is 0 Å². The van der Waals surface area contributed by atoms with Gasteiger partial charge in [0.15, 0.2) is 0 Å². The summed E-state index contributed by atoms with van der Waals surface area (Å²) in [5, 5.41) is 6.49. The number of nitrogens with one attached hydrogen (secondary N) is 2. The molecule has 7 unspecified atom stereocenters. The van der Waals surface area contributed by atoms with E-state index in [0.29, 0.717) is 11.3 Å². The van der Waals surface area contributed by atoms with Crippen molar-refractivity contribution in [2.45, 2.75) is 111 Å². The van der Waals surface area contributed by atoms with Gasteiger partial charge in [-0.05, 0) is 122 Å². The molecule has 0 saturated heterocycles. The van der Waals surface area contributed by atoms with Gasteiger partial charge in [0.1, 0.15) is 0 Å². The lowest BCUT2D eigenvalue weighted by Gasteiger charge is -2.58. The standard InChI is InChI=1S/C36H50F3N3O2/c1-22(2)8-6-9-23(3)29-14-15-30-28-13-12-24-20-27(16-18-34(24,4)31(28)17-19-35(29,30)5)41-42-33(44)32(43)40-26-11-7-10-25(21-26)36(37,38)39/h7,10-11,20-23,28-31H,6,8-9,12-19H2,1-5H3,(H,40,43)(H,42,44). The number of hydrazone groups is 1. The van der Waals surface area contributed by atoms with Crippen molar-refractivity contribution in [1.29, 1.82) is 0 Å². The molecule has 0 spiro atoms. The van der Waals surface area contributed by atoms with E-state index in [0.717, 1.165) is 66.7 Å². The minimum Gasteiger partial charge on any atom is -0.318 e. The van der Waals surface area contributed by atoms with Crippen molar-refractivity contribution in [1.82, 2.24) is 5.43 Å². The molecule has 0 bridgehead atoms. The number of alkyl halides is 3. The van der Waals surface area contributed by atoms with E-state index in [1.165, 1.54) is 69.1 Å². The SMILES string of the molecule is CC(C)CCCC(C)C1CCC2C3CCC4=CC(=NNC(=O)C(=O)Nc5cccc(C(F)(F)F)c5)CCC4(C)C3CCC12C. The summed E-state index contributed by atoms with van der Waals surface area (Å²) in [4.78, 5) is 24.8. The van der Waals surface area contributed by atoms with Gasteiger partial charge in [0.25, 0.3) is 0 Å². The van der Waals surface area contributed by atoms with E-state index in [4.69, 9.17) is 0 Å². The molecular weight excluding hydrogens is 563 g/mol. The zero-order valence-corrected chi connectivity index (χ0v) is 27.0. The molecule has 3 fully saturated rings. The molecule has 2 N–H and O–H groups in total. The fourth-order valence-electron chi connectivity index (χ4n) is 9.82. The van der Waals surface area contributed by atoms with Gasteiger partial charge in [-0.2, -0.15) is 18.3 Å². The summed E-state index contributed by atoms with van der Waals surface area (Å²) in [5.74, 6) is 2.59. The van der Waals surface area contributed by atoms with Crippen LogP contribution >= 0.6 is 0 Å². The minimum atomic E-state index is -4.54. The number of carbonyl (C=O) groups is 2.